The van der Waals surface area contributed by atoms with Crippen LogP contribution >= 0.6 is 11.9 Å². The monoisotopic (exact) mass is 516 g/mol. The Morgan fingerprint density at radius 3 is 2.14 bits per heavy atom. The molecule has 2 N–H and O–H groups in total. The maximum Gasteiger partial charge on any atom is 0.326 e. The van der Waals surface area contributed by atoms with Gasteiger partial charge >= 0.3 is 5.97 Å². The van der Waals surface area contributed by atoms with E-state index in [1.807, 2.05) is 91.0 Å². The van der Waals surface area contributed by atoms with Crippen molar-refractivity contribution in [3.63, 3.8) is 0 Å². The molecule has 0 radical (unpaired) electrons. The van der Waals surface area contributed by atoms with Gasteiger partial charge in [0, 0.05) is 19.4 Å². The van der Waals surface area contributed by atoms with Gasteiger partial charge in [0.05, 0.1) is 0 Å². The van der Waals surface area contributed by atoms with Gasteiger partial charge in [0.1, 0.15) is 11.3 Å². The number of likely N-dealkylation sites (tertiary alicyclic amines) is 1. The number of aryl methyl sites for hydroxylation is 1. The number of nitrogens with one attached hydrogen (secondary N) is 1. The van der Waals surface area contributed by atoms with Crippen molar-refractivity contribution < 1.29 is 19.5 Å². The van der Waals surface area contributed by atoms with Crippen LogP contribution in [-0.4, -0.2) is 45.6 Å². The van der Waals surface area contributed by atoms with E-state index in [9.17, 15) is 19.5 Å². The summed E-state index contributed by atoms with van der Waals surface area (Å²) in [7, 11) is 0. The van der Waals surface area contributed by atoms with E-state index in [0.717, 1.165) is 28.6 Å². The van der Waals surface area contributed by atoms with Crippen molar-refractivity contribution in [2.75, 3.05) is 6.54 Å². The van der Waals surface area contributed by atoms with Crippen LogP contribution < -0.4 is 4.72 Å². The normalized spacial score (nSPS) is 18.6. The third-order valence-electron chi connectivity index (χ3n) is 6.78. The summed E-state index contributed by atoms with van der Waals surface area (Å²) >= 11 is 1.12. The zero-order chi connectivity index (χ0) is 26.0. The average molecular weight is 517 g/mol. The first-order valence-corrected chi connectivity index (χ1v) is 13.5. The second-order valence-electron chi connectivity index (χ2n) is 9.32. The Morgan fingerprint density at radius 1 is 0.919 bits per heavy atom. The molecule has 3 aromatic rings. The maximum absolute atomic E-state index is 13.7. The zero-order valence-corrected chi connectivity index (χ0v) is 21.5. The summed E-state index contributed by atoms with van der Waals surface area (Å²) < 4.78 is 2.87. The van der Waals surface area contributed by atoms with E-state index >= 15 is 0 Å². The number of rotatable bonds is 10. The van der Waals surface area contributed by atoms with Crippen molar-refractivity contribution in [1.82, 2.24) is 9.62 Å². The highest BCUT2D eigenvalue weighted by molar-refractivity contribution is 7.99. The first-order valence-electron chi connectivity index (χ1n) is 12.6. The molecule has 1 heterocycles. The van der Waals surface area contributed by atoms with Gasteiger partial charge in [-0.3, -0.25) is 14.3 Å². The van der Waals surface area contributed by atoms with Crippen molar-refractivity contribution in [2.24, 2.45) is 0 Å². The van der Waals surface area contributed by atoms with Crippen molar-refractivity contribution in [2.45, 2.75) is 49.3 Å². The molecule has 37 heavy (non-hydrogen) atoms. The Bertz CT molecular complexity index is 1170. The van der Waals surface area contributed by atoms with Crippen LogP contribution in [0.1, 0.15) is 41.9 Å². The van der Waals surface area contributed by atoms with Crippen LogP contribution in [-0.2, 0) is 27.2 Å². The average Bonchev–Trinajstić information content (AvgIpc) is 3.09. The lowest BCUT2D eigenvalue weighted by Crippen LogP contribution is -2.49. The van der Waals surface area contributed by atoms with Crippen LogP contribution in [0.3, 0.4) is 0 Å². The number of benzene rings is 3. The highest BCUT2D eigenvalue weighted by Crippen LogP contribution is 2.34. The molecule has 192 valence electrons. The molecule has 0 bridgehead atoms. The molecule has 0 spiro atoms. The quantitative estimate of drug-likeness (QED) is 0.376. The van der Waals surface area contributed by atoms with E-state index in [2.05, 4.69) is 4.72 Å². The third-order valence-corrected chi connectivity index (χ3v) is 7.80. The molecule has 6 nitrogen and oxygen atoms in total. The highest BCUT2D eigenvalue weighted by atomic mass is 32.2. The van der Waals surface area contributed by atoms with E-state index in [0.29, 0.717) is 32.2 Å². The van der Waals surface area contributed by atoms with Gasteiger partial charge in [0.2, 0.25) is 11.8 Å². The van der Waals surface area contributed by atoms with Crippen LogP contribution in [0.5, 0.6) is 0 Å². The van der Waals surface area contributed by atoms with Crippen LogP contribution in [0.15, 0.2) is 91.0 Å². The third kappa shape index (κ3) is 7.46. The molecule has 3 aromatic carbocycles. The summed E-state index contributed by atoms with van der Waals surface area (Å²) in [5.41, 5.74) is 3.06. The minimum atomic E-state index is -1.02. The molecule has 2 amide bonds. The molecule has 1 fully saturated rings. The van der Waals surface area contributed by atoms with Crippen LogP contribution in [0, 0.1) is 0 Å². The molecule has 0 aromatic heterocycles. The topological polar surface area (TPSA) is 86.7 Å². The Balaban J connectivity index is 1.49. The highest BCUT2D eigenvalue weighted by Gasteiger charge is 2.38. The van der Waals surface area contributed by atoms with Gasteiger partial charge in [0.15, 0.2) is 0 Å². The predicted molar refractivity (Wildman–Crippen MR) is 146 cm³/mol. The van der Waals surface area contributed by atoms with Gasteiger partial charge in [-0.2, -0.15) is 0 Å². The number of hydrogen-bond donors (Lipinski definition) is 2. The summed E-state index contributed by atoms with van der Waals surface area (Å²) in [5.74, 6) is -1.33. The van der Waals surface area contributed by atoms with Gasteiger partial charge in [-0.05, 0) is 53.8 Å². The number of carbonyl (C=O) groups is 3. The fraction of sp³-hybridized carbons (Fsp3) is 0.300. The lowest BCUT2D eigenvalue weighted by molar-refractivity contribution is -0.149. The minimum Gasteiger partial charge on any atom is -0.480 e. The van der Waals surface area contributed by atoms with E-state index in [1.54, 1.807) is 0 Å². The molecule has 4 rings (SSSR count). The van der Waals surface area contributed by atoms with Crippen molar-refractivity contribution in [1.29, 1.82) is 0 Å². The van der Waals surface area contributed by atoms with Crippen molar-refractivity contribution >= 4 is 29.7 Å². The number of carboxylic acid groups (broad SMARTS) is 1. The fourth-order valence-electron chi connectivity index (χ4n) is 4.76. The molecule has 0 aliphatic carbocycles. The minimum absolute atomic E-state index is 0.0834. The van der Waals surface area contributed by atoms with Crippen LogP contribution in [0.4, 0.5) is 0 Å². The van der Waals surface area contributed by atoms with Crippen LogP contribution in [0.25, 0.3) is 0 Å². The van der Waals surface area contributed by atoms with Gasteiger partial charge < -0.3 is 10.0 Å². The Hall–Kier alpha value is -3.58. The number of nitrogens with zero attached hydrogens (tertiary/aromatic N) is 1. The Labute approximate surface area is 222 Å². The first-order chi connectivity index (χ1) is 18.0. The van der Waals surface area contributed by atoms with E-state index in [4.69, 9.17) is 0 Å². The zero-order valence-electron chi connectivity index (χ0n) is 20.7. The Morgan fingerprint density at radius 2 is 1.51 bits per heavy atom. The largest absolute Gasteiger partial charge is 0.480 e. The summed E-state index contributed by atoms with van der Waals surface area (Å²) in [6.45, 7) is 0.348. The first kappa shape index (κ1) is 26.5. The molecule has 3 atom stereocenters. The molecule has 0 saturated carbocycles. The van der Waals surface area contributed by atoms with E-state index in [1.165, 1.54) is 4.90 Å². The Kier molecular flexibility index (Phi) is 9.38. The fourth-order valence-corrected chi connectivity index (χ4v) is 5.70. The van der Waals surface area contributed by atoms with Gasteiger partial charge in [-0.1, -0.05) is 91.0 Å². The predicted octanol–water partition coefficient (Wildman–Crippen LogP) is 4.85. The molecule has 1 aliphatic rings. The molecule has 7 heteroatoms. The second kappa shape index (κ2) is 13.1. The lowest BCUT2D eigenvalue weighted by atomic mass is 9.92. The standard InChI is InChI=1S/C30H32N2O4S/c33-28(17-16-22-10-4-1-5-11-22)31-37-27-21-25(24-14-8-3-9-15-24)18-19-32(29(27)34)26(30(35)36)20-23-12-6-2-7-13-23/h1-15,25-27H,16-21H2,(H,31,33)(H,35,36). The summed E-state index contributed by atoms with van der Waals surface area (Å²) in [4.78, 5) is 40.2. The van der Waals surface area contributed by atoms with E-state index < -0.39 is 17.3 Å². The smallest absolute Gasteiger partial charge is 0.326 e. The number of carbonyl (C=O) groups excluding carboxylic acids is 2. The molecule has 3 unspecified atom stereocenters. The van der Waals surface area contributed by atoms with Crippen molar-refractivity contribution in [3.05, 3.63) is 108 Å². The second-order valence-corrected chi connectivity index (χ2v) is 10.3. The number of carboxylic acids is 1. The maximum atomic E-state index is 13.7. The number of amides is 2. The summed E-state index contributed by atoms with van der Waals surface area (Å²) in [6.07, 6.45) is 2.35. The van der Waals surface area contributed by atoms with Crippen LogP contribution in [0.2, 0.25) is 0 Å². The summed E-state index contributed by atoms with van der Waals surface area (Å²) in [5, 5.41) is 9.51. The van der Waals surface area contributed by atoms with Gasteiger partial charge in [-0.25, -0.2) is 4.79 Å². The molecule has 1 saturated heterocycles. The summed E-state index contributed by atoms with van der Waals surface area (Å²) in [6, 6.07) is 28.2. The lowest BCUT2D eigenvalue weighted by Gasteiger charge is -2.30. The molecular weight excluding hydrogens is 484 g/mol. The number of aliphatic carboxylic acids is 1. The molecular formula is C30H32N2O4S. The SMILES string of the molecule is O=C(CCc1ccccc1)NSC1CC(c2ccccc2)CCN(C(Cc2ccccc2)C(=O)O)C1=O. The van der Waals surface area contributed by atoms with E-state index in [-0.39, 0.29) is 24.2 Å². The van der Waals surface area contributed by atoms with Gasteiger partial charge in [0.25, 0.3) is 0 Å². The molecule has 1 aliphatic heterocycles. The van der Waals surface area contributed by atoms with Gasteiger partial charge in [-0.15, -0.1) is 0 Å². The number of hydrogen-bond acceptors (Lipinski definition) is 4. The van der Waals surface area contributed by atoms with Crippen molar-refractivity contribution in [3.8, 4) is 0 Å².